The Morgan fingerprint density at radius 1 is 0.939 bits per heavy atom. The van der Waals surface area contributed by atoms with Crippen LogP contribution in [0, 0.1) is 0 Å². The number of amides is 2. The summed E-state index contributed by atoms with van der Waals surface area (Å²) in [6.07, 6.45) is 0.491. The summed E-state index contributed by atoms with van der Waals surface area (Å²) in [5, 5.41) is 5.82. The summed E-state index contributed by atoms with van der Waals surface area (Å²) in [7, 11) is 0. The number of imidazole rings is 1. The molecule has 1 aliphatic rings. The van der Waals surface area contributed by atoms with E-state index < -0.39 is 0 Å². The van der Waals surface area contributed by atoms with Crippen molar-refractivity contribution in [3.05, 3.63) is 84.2 Å². The van der Waals surface area contributed by atoms with Crippen LogP contribution >= 0.6 is 0 Å². The number of rotatable bonds is 7. The predicted molar refractivity (Wildman–Crippen MR) is 123 cm³/mol. The van der Waals surface area contributed by atoms with E-state index in [0.717, 1.165) is 16.9 Å². The van der Waals surface area contributed by atoms with E-state index in [9.17, 15) is 9.59 Å². The molecule has 0 unspecified atom stereocenters. The molecule has 0 atom stereocenters. The van der Waals surface area contributed by atoms with E-state index in [1.54, 1.807) is 30.3 Å². The molecule has 1 aliphatic heterocycles. The summed E-state index contributed by atoms with van der Waals surface area (Å²) >= 11 is 0. The average Bonchev–Trinajstić information content (AvgIpc) is 3.44. The third kappa shape index (κ3) is 4.50. The maximum atomic E-state index is 12.8. The number of carbonyl (C=O) groups is 2. The Labute approximate surface area is 190 Å². The van der Waals surface area contributed by atoms with Gasteiger partial charge >= 0.3 is 0 Å². The first kappa shape index (κ1) is 20.6. The topological polar surface area (TPSA) is 94.5 Å². The van der Waals surface area contributed by atoms with Gasteiger partial charge in [0.2, 0.25) is 12.7 Å². The second-order valence-electron chi connectivity index (χ2n) is 7.59. The number of aromatic nitrogens is 2. The highest BCUT2D eigenvalue weighted by Gasteiger charge is 2.17. The van der Waals surface area contributed by atoms with E-state index in [1.807, 2.05) is 47.0 Å². The molecule has 0 bridgehead atoms. The lowest BCUT2D eigenvalue weighted by atomic mass is 10.2. The molecule has 33 heavy (non-hydrogen) atoms. The molecule has 2 amide bonds. The van der Waals surface area contributed by atoms with Crippen molar-refractivity contribution in [1.29, 1.82) is 0 Å². The first-order chi connectivity index (χ1) is 16.2. The maximum absolute atomic E-state index is 12.8. The van der Waals surface area contributed by atoms with Crippen molar-refractivity contribution in [2.45, 2.75) is 13.0 Å². The zero-order valence-electron chi connectivity index (χ0n) is 17.8. The fraction of sp³-hybridized carbons (Fsp3) is 0.160. The number of carbonyl (C=O) groups excluding carboxylic acids is 2. The van der Waals surface area contributed by atoms with Gasteiger partial charge in [0.25, 0.3) is 5.91 Å². The predicted octanol–water partition coefficient (Wildman–Crippen LogP) is 3.38. The monoisotopic (exact) mass is 442 g/mol. The first-order valence-corrected chi connectivity index (χ1v) is 10.6. The number of anilines is 1. The average molecular weight is 442 g/mol. The zero-order chi connectivity index (χ0) is 22.6. The van der Waals surface area contributed by atoms with Crippen LogP contribution < -0.4 is 20.1 Å². The molecule has 5 rings (SSSR count). The smallest absolute Gasteiger partial charge is 0.251 e. The number of hydrogen-bond donors (Lipinski definition) is 2. The fourth-order valence-corrected chi connectivity index (χ4v) is 3.79. The van der Waals surface area contributed by atoms with Gasteiger partial charge in [0, 0.05) is 30.3 Å². The lowest BCUT2D eigenvalue weighted by Gasteiger charge is -2.11. The number of nitrogens with zero attached hydrogens (tertiary/aromatic N) is 2. The largest absolute Gasteiger partial charge is 0.454 e. The molecule has 2 heterocycles. The van der Waals surface area contributed by atoms with Crippen LogP contribution in [0.3, 0.4) is 0 Å². The van der Waals surface area contributed by atoms with Crippen LogP contribution in [-0.4, -0.2) is 34.7 Å². The third-order valence-electron chi connectivity index (χ3n) is 5.36. The Kier molecular flexibility index (Phi) is 5.63. The van der Waals surface area contributed by atoms with Crippen molar-refractivity contribution in [2.24, 2.45) is 0 Å². The highest BCUT2D eigenvalue weighted by Crippen LogP contribution is 2.34. The molecule has 0 saturated carbocycles. The van der Waals surface area contributed by atoms with Crippen molar-refractivity contribution in [2.75, 3.05) is 18.7 Å². The minimum atomic E-state index is -0.188. The molecule has 8 nitrogen and oxygen atoms in total. The number of fused-ring (bicyclic) bond motifs is 2. The summed E-state index contributed by atoms with van der Waals surface area (Å²) in [6, 6.07) is 22.0. The van der Waals surface area contributed by atoms with Crippen molar-refractivity contribution >= 4 is 28.5 Å². The van der Waals surface area contributed by atoms with Gasteiger partial charge in [-0.15, -0.1) is 0 Å². The number of hydrogen-bond acceptors (Lipinski definition) is 5. The number of para-hydroxylation sites is 2. The van der Waals surface area contributed by atoms with Crippen molar-refractivity contribution in [3.8, 4) is 11.5 Å². The lowest BCUT2D eigenvalue weighted by molar-refractivity contribution is -0.116. The van der Waals surface area contributed by atoms with Gasteiger partial charge in [0.05, 0.1) is 11.0 Å². The van der Waals surface area contributed by atoms with Gasteiger partial charge in [-0.3, -0.25) is 9.59 Å². The molecule has 8 heteroatoms. The van der Waals surface area contributed by atoms with Gasteiger partial charge in [-0.05, 0) is 36.4 Å². The van der Waals surface area contributed by atoms with Crippen LogP contribution in [0.1, 0.15) is 16.2 Å². The summed E-state index contributed by atoms with van der Waals surface area (Å²) in [5.41, 5.74) is 2.90. The first-order valence-electron chi connectivity index (χ1n) is 10.6. The number of ether oxygens (including phenoxy) is 2. The molecule has 0 saturated heterocycles. The Bertz CT molecular complexity index is 1320. The van der Waals surface area contributed by atoms with E-state index in [4.69, 9.17) is 9.47 Å². The molecule has 4 aromatic rings. The minimum absolute atomic E-state index is 0.0942. The van der Waals surface area contributed by atoms with Crippen LogP contribution in [0.15, 0.2) is 72.8 Å². The van der Waals surface area contributed by atoms with Gasteiger partial charge in [-0.25, -0.2) is 4.98 Å². The molecule has 0 radical (unpaired) electrons. The Balaban J connectivity index is 1.29. The second-order valence-corrected chi connectivity index (χ2v) is 7.59. The summed E-state index contributed by atoms with van der Waals surface area (Å²) < 4.78 is 12.6. The molecule has 2 N–H and O–H groups in total. The Hall–Kier alpha value is -4.33. The van der Waals surface area contributed by atoms with Crippen LogP contribution in [0.2, 0.25) is 0 Å². The molecular formula is C25H22N4O4. The third-order valence-corrected chi connectivity index (χ3v) is 5.36. The quantitative estimate of drug-likeness (QED) is 0.458. The van der Waals surface area contributed by atoms with E-state index in [0.29, 0.717) is 35.7 Å². The van der Waals surface area contributed by atoms with Crippen molar-refractivity contribution in [3.63, 3.8) is 0 Å². The van der Waals surface area contributed by atoms with Gasteiger partial charge in [-0.2, -0.15) is 0 Å². The van der Waals surface area contributed by atoms with Crippen LogP contribution in [0.4, 0.5) is 5.69 Å². The fourth-order valence-electron chi connectivity index (χ4n) is 3.79. The van der Waals surface area contributed by atoms with Gasteiger partial charge in [0.15, 0.2) is 11.5 Å². The molecular weight excluding hydrogens is 420 g/mol. The summed E-state index contributed by atoms with van der Waals surface area (Å²) in [4.78, 5) is 29.9. The summed E-state index contributed by atoms with van der Waals surface area (Å²) in [5.74, 6) is 1.67. The molecule has 0 aliphatic carbocycles. The van der Waals surface area contributed by atoms with E-state index in [2.05, 4.69) is 15.6 Å². The number of benzene rings is 3. The van der Waals surface area contributed by atoms with E-state index >= 15 is 0 Å². The molecule has 3 aromatic carbocycles. The molecule has 0 fully saturated rings. The SMILES string of the molecule is O=C(Cn1c(CCNC(=O)c2ccccc2)nc2ccccc21)Nc1ccc2c(c1)OCO2. The Morgan fingerprint density at radius 2 is 1.73 bits per heavy atom. The van der Waals surface area contributed by atoms with Gasteiger partial charge in [0.1, 0.15) is 12.4 Å². The number of nitrogens with one attached hydrogen (secondary N) is 2. The molecule has 1 aromatic heterocycles. The molecule has 0 spiro atoms. The highest BCUT2D eigenvalue weighted by atomic mass is 16.7. The Morgan fingerprint density at radius 3 is 2.61 bits per heavy atom. The summed E-state index contributed by atoms with van der Waals surface area (Å²) in [6.45, 7) is 0.676. The van der Waals surface area contributed by atoms with Crippen molar-refractivity contribution in [1.82, 2.24) is 14.9 Å². The van der Waals surface area contributed by atoms with E-state index in [1.165, 1.54) is 0 Å². The molecule has 166 valence electrons. The van der Waals surface area contributed by atoms with Gasteiger partial charge < -0.3 is 24.7 Å². The van der Waals surface area contributed by atoms with Gasteiger partial charge in [-0.1, -0.05) is 30.3 Å². The zero-order valence-corrected chi connectivity index (χ0v) is 17.8. The van der Waals surface area contributed by atoms with E-state index in [-0.39, 0.29) is 25.2 Å². The normalized spacial score (nSPS) is 12.0. The van der Waals surface area contributed by atoms with Crippen molar-refractivity contribution < 1.29 is 19.1 Å². The van der Waals surface area contributed by atoms with Crippen LogP contribution in [0.5, 0.6) is 11.5 Å². The highest BCUT2D eigenvalue weighted by molar-refractivity contribution is 5.94. The standard InChI is InChI=1S/C25H22N4O4/c30-24(27-18-10-11-21-22(14-18)33-16-32-21)15-29-20-9-5-4-8-19(20)28-23(29)12-13-26-25(31)17-6-2-1-3-7-17/h1-11,14H,12-13,15-16H2,(H,26,31)(H,27,30). The maximum Gasteiger partial charge on any atom is 0.251 e. The lowest BCUT2D eigenvalue weighted by Crippen LogP contribution is -2.27. The van der Waals surface area contributed by atoms with Crippen LogP contribution in [-0.2, 0) is 17.8 Å². The minimum Gasteiger partial charge on any atom is -0.454 e. The second kappa shape index (κ2) is 9.04. The van der Waals surface area contributed by atoms with Crippen LogP contribution in [0.25, 0.3) is 11.0 Å².